The lowest BCUT2D eigenvalue weighted by molar-refractivity contribution is -0.113. The molecule has 0 atom stereocenters. The number of carbonyl (C=O) groups is 1. The van der Waals surface area contributed by atoms with Gasteiger partial charge in [-0.3, -0.25) is 9.36 Å². The smallest absolute Gasteiger partial charge is 0.234 e. The first-order chi connectivity index (χ1) is 15.5. The molecule has 0 radical (unpaired) electrons. The van der Waals surface area contributed by atoms with Gasteiger partial charge in [-0.1, -0.05) is 59.8 Å². The van der Waals surface area contributed by atoms with E-state index in [0.29, 0.717) is 17.5 Å². The minimum atomic E-state index is -0.0950. The molecule has 0 aliphatic rings. The number of carbonyl (C=O) groups excluding carboxylic acids is 1. The lowest BCUT2D eigenvalue weighted by Crippen LogP contribution is -2.15. The van der Waals surface area contributed by atoms with E-state index >= 15 is 0 Å². The predicted molar refractivity (Wildman–Crippen MR) is 128 cm³/mol. The summed E-state index contributed by atoms with van der Waals surface area (Å²) in [6.45, 7) is 4.58. The molecule has 4 aromatic rings. The Bertz CT molecular complexity index is 1220. The Labute approximate surface area is 191 Å². The van der Waals surface area contributed by atoms with Gasteiger partial charge in [-0.05, 0) is 55.3 Å². The van der Waals surface area contributed by atoms with Gasteiger partial charge in [0.05, 0.1) is 12.3 Å². The van der Waals surface area contributed by atoms with Crippen molar-refractivity contribution in [1.82, 2.24) is 14.8 Å². The van der Waals surface area contributed by atoms with Crippen LogP contribution in [0.4, 0.5) is 5.69 Å². The van der Waals surface area contributed by atoms with Crippen LogP contribution in [0.5, 0.6) is 5.75 Å². The number of aryl methyl sites for hydroxylation is 2. The Morgan fingerprint density at radius 2 is 1.75 bits per heavy atom. The van der Waals surface area contributed by atoms with Crippen LogP contribution in [0, 0.1) is 13.8 Å². The summed E-state index contributed by atoms with van der Waals surface area (Å²) in [5.74, 6) is 1.00. The number of amides is 1. The maximum absolute atomic E-state index is 12.6. The van der Waals surface area contributed by atoms with Gasteiger partial charge in [0, 0.05) is 11.3 Å². The summed E-state index contributed by atoms with van der Waals surface area (Å²) in [5, 5.41) is 22.0. The van der Waals surface area contributed by atoms with Gasteiger partial charge in [0.2, 0.25) is 5.91 Å². The van der Waals surface area contributed by atoms with Gasteiger partial charge in [-0.2, -0.15) is 0 Å². The van der Waals surface area contributed by atoms with Crippen LogP contribution in [0.2, 0.25) is 0 Å². The Balaban J connectivity index is 1.54. The standard InChI is InChI=1S/C25H24N4O2S/c1-17-8-13-22(18(2)14-17)26-23(31)16-32-25-28-27-24(20-9-11-21(30)12-10-20)29(25)15-19-6-4-3-5-7-19/h3-14,30H,15-16H2,1-2H3,(H,26,31). The van der Waals surface area contributed by atoms with E-state index in [1.807, 2.05) is 79.1 Å². The van der Waals surface area contributed by atoms with Crippen LogP contribution >= 0.6 is 11.8 Å². The van der Waals surface area contributed by atoms with Crippen molar-refractivity contribution in [3.05, 3.63) is 89.5 Å². The van der Waals surface area contributed by atoms with Gasteiger partial charge in [0.25, 0.3) is 0 Å². The van der Waals surface area contributed by atoms with Crippen molar-refractivity contribution in [2.45, 2.75) is 25.5 Å². The average molecular weight is 445 g/mol. The van der Waals surface area contributed by atoms with Crippen LogP contribution in [0.25, 0.3) is 11.4 Å². The topological polar surface area (TPSA) is 80.0 Å². The molecule has 1 aromatic heterocycles. The first kappa shape index (κ1) is 21.6. The molecule has 0 saturated carbocycles. The number of hydrogen-bond acceptors (Lipinski definition) is 5. The highest BCUT2D eigenvalue weighted by Crippen LogP contribution is 2.27. The van der Waals surface area contributed by atoms with Gasteiger partial charge in [0.15, 0.2) is 11.0 Å². The summed E-state index contributed by atoms with van der Waals surface area (Å²) >= 11 is 1.35. The normalized spacial score (nSPS) is 10.8. The predicted octanol–water partition coefficient (Wildman–Crippen LogP) is 5.05. The van der Waals surface area contributed by atoms with Crippen LogP contribution in [-0.4, -0.2) is 31.5 Å². The molecule has 0 aliphatic carbocycles. The maximum Gasteiger partial charge on any atom is 0.234 e. The Morgan fingerprint density at radius 3 is 2.47 bits per heavy atom. The molecule has 1 amide bonds. The molecule has 1 heterocycles. The lowest BCUT2D eigenvalue weighted by atomic mass is 10.1. The highest BCUT2D eigenvalue weighted by Gasteiger charge is 2.16. The lowest BCUT2D eigenvalue weighted by Gasteiger charge is -2.11. The molecule has 0 aliphatic heterocycles. The average Bonchev–Trinajstić information content (AvgIpc) is 3.18. The van der Waals surface area contributed by atoms with E-state index in [-0.39, 0.29) is 17.4 Å². The summed E-state index contributed by atoms with van der Waals surface area (Å²) in [4.78, 5) is 12.6. The molecule has 0 spiro atoms. The summed E-state index contributed by atoms with van der Waals surface area (Å²) in [7, 11) is 0. The number of hydrogen-bond donors (Lipinski definition) is 2. The second-order valence-electron chi connectivity index (χ2n) is 7.58. The fourth-order valence-corrected chi connectivity index (χ4v) is 4.14. The van der Waals surface area contributed by atoms with Crippen molar-refractivity contribution >= 4 is 23.4 Å². The van der Waals surface area contributed by atoms with Gasteiger partial charge in [-0.15, -0.1) is 10.2 Å². The third-order valence-corrected chi connectivity index (χ3v) is 5.98. The van der Waals surface area contributed by atoms with E-state index in [9.17, 15) is 9.90 Å². The van der Waals surface area contributed by atoms with E-state index in [1.54, 1.807) is 12.1 Å². The molecule has 0 saturated heterocycles. The fraction of sp³-hybridized carbons (Fsp3) is 0.160. The van der Waals surface area contributed by atoms with Gasteiger partial charge >= 0.3 is 0 Å². The molecule has 3 aromatic carbocycles. The van der Waals surface area contributed by atoms with Crippen LogP contribution in [-0.2, 0) is 11.3 Å². The molecule has 4 rings (SSSR count). The van der Waals surface area contributed by atoms with Gasteiger partial charge in [0.1, 0.15) is 5.75 Å². The van der Waals surface area contributed by atoms with E-state index in [2.05, 4.69) is 15.5 Å². The molecule has 7 heteroatoms. The van der Waals surface area contributed by atoms with Crippen LogP contribution in [0.3, 0.4) is 0 Å². The molecule has 32 heavy (non-hydrogen) atoms. The maximum atomic E-state index is 12.6. The van der Waals surface area contributed by atoms with Gasteiger partial charge in [-0.25, -0.2) is 0 Å². The number of rotatable bonds is 7. The highest BCUT2D eigenvalue weighted by molar-refractivity contribution is 7.99. The number of aromatic nitrogens is 3. The molecular formula is C25H24N4O2S. The summed E-state index contributed by atoms with van der Waals surface area (Å²) in [6, 6.07) is 22.9. The molecule has 0 fully saturated rings. The number of phenols is 1. The molecule has 0 unspecified atom stereocenters. The number of aromatic hydroxyl groups is 1. The van der Waals surface area contributed by atoms with Crippen molar-refractivity contribution < 1.29 is 9.90 Å². The monoisotopic (exact) mass is 444 g/mol. The second kappa shape index (κ2) is 9.70. The largest absolute Gasteiger partial charge is 0.508 e. The summed E-state index contributed by atoms with van der Waals surface area (Å²) in [5.41, 5.74) is 4.96. The van der Waals surface area contributed by atoms with Crippen molar-refractivity contribution in [3.8, 4) is 17.1 Å². The number of nitrogens with zero attached hydrogens (tertiary/aromatic N) is 3. The zero-order chi connectivity index (χ0) is 22.5. The minimum Gasteiger partial charge on any atom is -0.508 e. The number of benzene rings is 3. The summed E-state index contributed by atoms with van der Waals surface area (Å²) < 4.78 is 2.00. The van der Waals surface area contributed by atoms with Crippen LogP contribution < -0.4 is 5.32 Å². The van der Waals surface area contributed by atoms with E-state index in [4.69, 9.17) is 0 Å². The van der Waals surface area contributed by atoms with Gasteiger partial charge < -0.3 is 10.4 Å². The first-order valence-electron chi connectivity index (χ1n) is 10.3. The van der Waals surface area contributed by atoms with Crippen molar-refractivity contribution in [3.63, 3.8) is 0 Å². The summed E-state index contributed by atoms with van der Waals surface area (Å²) in [6.07, 6.45) is 0. The number of anilines is 1. The van der Waals surface area contributed by atoms with E-state index in [1.165, 1.54) is 11.8 Å². The number of nitrogens with one attached hydrogen (secondary N) is 1. The zero-order valence-electron chi connectivity index (χ0n) is 17.9. The molecular weight excluding hydrogens is 420 g/mol. The van der Waals surface area contributed by atoms with Crippen molar-refractivity contribution in [2.24, 2.45) is 0 Å². The third-order valence-electron chi connectivity index (χ3n) is 5.01. The Hall–Kier alpha value is -3.58. The molecule has 2 N–H and O–H groups in total. The Morgan fingerprint density at radius 1 is 1.00 bits per heavy atom. The number of thioether (sulfide) groups is 1. The first-order valence-corrected chi connectivity index (χ1v) is 11.2. The van der Waals surface area contributed by atoms with Crippen LogP contribution in [0.15, 0.2) is 78.0 Å². The highest BCUT2D eigenvalue weighted by atomic mass is 32.2. The molecule has 0 bridgehead atoms. The Kier molecular flexibility index (Phi) is 6.56. The second-order valence-corrected chi connectivity index (χ2v) is 8.52. The fourth-order valence-electron chi connectivity index (χ4n) is 3.40. The van der Waals surface area contributed by atoms with Crippen molar-refractivity contribution in [1.29, 1.82) is 0 Å². The SMILES string of the molecule is Cc1ccc(NC(=O)CSc2nnc(-c3ccc(O)cc3)n2Cc2ccccc2)c(C)c1. The van der Waals surface area contributed by atoms with E-state index in [0.717, 1.165) is 27.9 Å². The van der Waals surface area contributed by atoms with Crippen LogP contribution in [0.1, 0.15) is 16.7 Å². The van der Waals surface area contributed by atoms with E-state index < -0.39 is 0 Å². The molecule has 162 valence electrons. The minimum absolute atomic E-state index is 0.0950. The number of phenolic OH excluding ortho intramolecular Hbond substituents is 1. The zero-order valence-corrected chi connectivity index (χ0v) is 18.8. The quantitative estimate of drug-likeness (QED) is 0.390. The molecule has 6 nitrogen and oxygen atoms in total. The third kappa shape index (κ3) is 5.18. The van der Waals surface area contributed by atoms with Crippen molar-refractivity contribution in [2.75, 3.05) is 11.1 Å².